The van der Waals surface area contributed by atoms with Crippen molar-refractivity contribution >= 4 is 23.8 Å². The summed E-state index contributed by atoms with van der Waals surface area (Å²) in [5, 5.41) is 12.8. The molecule has 1 saturated carbocycles. The van der Waals surface area contributed by atoms with Gasteiger partial charge in [0.1, 0.15) is 16.6 Å². The van der Waals surface area contributed by atoms with Crippen LogP contribution in [0.5, 0.6) is 0 Å². The average molecular weight is 487 g/mol. The van der Waals surface area contributed by atoms with Crippen LogP contribution in [0.15, 0.2) is 35.5 Å². The molecule has 4 aliphatic rings. The lowest BCUT2D eigenvalue weighted by molar-refractivity contribution is -0.235. The number of allylic oxidation sites excluding steroid dienone is 3. The van der Waals surface area contributed by atoms with Gasteiger partial charge in [0.15, 0.2) is 0 Å². The van der Waals surface area contributed by atoms with E-state index in [0.717, 1.165) is 13.1 Å². The molecule has 4 atom stereocenters. The van der Waals surface area contributed by atoms with E-state index in [1.165, 1.54) is 6.92 Å². The first kappa shape index (κ1) is 25.2. The summed E-state index contributed by atoms with van der Waals surface area (Å²) in [5.74, 6) is -2.38. The lowest BCUT2D eigenvalue weighted by Gasteiger charge is -2.54. The van der Waals surface area contributed by atoms with Gasteiger partial charge in [-0.1, -0.05) is 18.2 Å². The number of cyclic esters (lactones) is 1. The zero-order chi connectivity index (χ0) is 25.4. The van der Waals surface area contributed by atoms with Crippen molar-refractivity contribution in [3.63, 3.8) is 0 Å². The molecule has 1 amide bonds. The lowest BCUT2D eigenvalue weighted by Crippen LogP contribution is -2.65. The molecule has 0 aromatic carbocycles. The molecule has 9 heteroatoms. The molecule has 0 aromatic rings. The lowest BCUT2D eigenvalue weighted by atomic mass is 9.62. The van der Waals surface area contributed by atoms with E-state index in [4.69, 9.17) is 9.47 Å². The molecular formula is C26H34N2O7. The summed E-state index contributed by atoms with van der Waals surface area (Å²) in [5.41, 5.74) is -2.53. The van der Waals surface area contributed by atoms with Crippen molar-refractivity contribution in [3.8, 4) is 0 Å². The second-order valence-electron chi connectivity index (χ2n) is 10.2. The van der Waals surface area contributed by atoms with Crippen molar-refractivity contribution in [2.75, 3.05) is 26.2 Å². The van der Waals surface area contributed by atoms with Crippen LogP contribution in [0, 0.1) is 11.3 Å². The van der Waals surface area contributed by atoms with Crippen LogP contribution in [0.25, 0.3) is 0 Å². The topological polar surface area (TPSA) is 122 Å². The molecule has 2 bridgehead atoms. The Morgan fingerprint density at radius 3 is 2.60 bits per heavy atom. The highest BCUT2D eigenvalue weighted by molar-refractivity contribution is 5.93. The minimum atomic E-state index is -1.16. The summed E-state index contributed by atoms with van der Waals surface area (Å²) in [6.07, 6.45) is 8.45. The maximum absolute atomic E-state index is 13.5. The molecule has 2 aliphatic heterocycles. The average Bonchev–Trinajstić information content (AvgIpc) is 2.95. The Balaban J connectivity index is 1.64. The Kier molecular flexibility index (Phi) is 6.66. The van der Waals surface area contributed by atoms with Gasteiger partial charge in [-0.15, -0.1) is 0 Å². The quantitative estimate of drug-likeness (QED) is 0.344. The molecule has 2 saturated heterocycles. The largest absolute Gasteiger partial charge is 0.478 e. The number of amides is 1. The molecule has 2 N–H and O–H groups in total. The number of esters is 2. The number of rotatable bonds is 5. The molecule has 9 nitrogen and oxygen atoms in total. The van der Waals surface area contributed by atoms with Crippen molar-refractivity contribution in [1.29, 1.82) is 0 Å². The Hall–Kier alpha value is -2.94. The Morgan fingerprint density at radius 1 is 1.23 bits per heavy atom. The zero-order valence-corrected chi connectivity index (χ0v) is 20.6. The third-order valence-corrected chi connectivity index (χ3v) is 8.21. The number of carboxylic acids is 1. The van der Waals surface area contributed by atoms with Crippen molar-refractivity contribution in [2.24, 2.45) is 11.3 Å². The SMILES string of the molecule is CC(=O)O[C@]12CCC(C(=O)O)=CC[C@]13CC[C@H]2[C@@](C)(/C=C/C=C(\C)C(=O)N1CCNCC1)OC3=O. The molecule has 190 valence electrons. The van der Waals surface area contributed by atoms with E-state index in [2.05, 4.69) is 5.32 Å². The third-order valence-electron chi connectivity index (χ3n) is 8.21. The van der Waals surface area contributed by atoms with Gasteiger partial charge in [0.05, 0.1) is 0 Å². The van der Waals surface area contributed by atoms with Gasteiger partial charge in [-0.2, -0.15) is 0 Å². The maximum atomic E-state index is 13.5. The van der Waals surface area contributed by atoms with Gasteiger partial charge >= 0.3 is 17.9 Å². The Morgan fingerprint density at radius 2 is 1.94 bits per heavy atom. The molecule has 2 heterocycles. The van der Waals surface area contributed by atoms with Crippen LogP contribution in [0.1, 0.15) is 52.9 Å². The van der Waals surface area contributed by atoms with E-state index in [1.807, 2.05) is 0 Å². The first-order chi connectivity index (χ1) is 16.5. The second kappa shape index (κ2) is 9.26. The summed E-state index contributed by atoms with van der Waals surface area (Å²) in [6, 6.07) is 0. The van der Waals surface area contributed by atoms with Crippen LogP contribution in [-0.2, 0) is 28.7 Å². The third kappa shape index (κ3) is 4.20. The smallest absolute Gasteiger partial charge is 0.331 e. The van der Waals surface area contributed by atoms with Gasteiger partial charge in [0.2, 0.25) is 5.91 Å². The highest BCUT2D eigenvalue weighted by Gasteiger charge is 2.74. The summed E-state index contributed by atoms with van der Waals surface area (Å²) >= 11 is 0. The summed E-state index contributed by atoms with van der Waals surface area (Å²) in [6.45, 7) is 7.72. The van der Waals surface area contributed by atoms with Crippen molar-refractivity contribution in [2.45, 2.75) is 64.1 Å². The van der Waals surface area contributed by atoms with Gasteiger partial charge in [-0.05, 0) is 52.0 Å². The Bertz CT molecular complexity index is 1020. The van der Waals surface area contributed by atoms with Gasteiger partial charge in [-0.25, -0.2) is 4.79 Å². The number of hydrogen-bond donors (Lipinski definition) is 2. The Labute approximate surface area is 205 Å². The van der Waals surface area contributed by atoms with Crippen LogP contribution in [0.4, 0.5) is 0 Å². The number of hydrogen-bond acceptors (Lipinski definition) is 7. The molecule has 2 aliphatic carbocycles. The van der Waals surface area contributed by atoms with E-state index in [-0.39, 0.29) is 36.7 Å². The standard InChI is InChI=1S/C26H34N2O7/c1-17(21(30)28-15-13-27-14-16-28)5-4-9-24(3)20-8-11-25(23(33)35-24)10-6-19(22(31)32)7-12-26(20,25)34-18(2)29/h4-6,9,20,27H,7-8,10-16H2,1-3H3,(H,31,32)/b9-4+,17-5+/t20-,24+,25+,26-/m0/s1. The first-order valence-electron chi connectivity index (χ1n) is 12.3. The van der Waals surface area contributed by atoms with E-state index < -0.39 is 34.5 Å². The predicted octanol–water partition coefficient (Wildman–Crippen LogP) is 2.13. The molecule has 0 spiro atoms. The van der Waals surface area contributed by atoms with E-state index in [9.17, 15) is 24.3 Å². The number of piperazine rings is 1. The molecule has 0 aromatic heterocycles. The number of carboxylic acid groups (broad SMARTS) is 1. The summed E-state index contributed by atoms with van der Waals surface area (Å²) < 4.78 is 12.0. The fourth-order valence-corrected chi connectivity index (χ4v) is 6.45. The monoisotopic (exact) mass is 486 g/mol. The highest BCUT2D eigenvalue weighted by Crippen LogP contribution is 2.65. The number of ether oxygens (including phenoxy) is 2. The van der Waals surface area contributed by atoms with Crippen LogP contribution in [-0.4, -0.2) is 71.2 Å². The number of carbonyl (C=O) groups is 4. The molecular weight excluding hydrogens is 452 g/mol. The molecule has 35 heavy (non-hydrogen) atoms. The fraction of sp³-hybridized carbons (Fsp3) is 0.615. The normalized spacial score (nSPS) is 35.1. The highest BCUT2D eigenvalue weighted by atomic mass is 16.6. The molecule has 0 radical (unpaired) electrons. The van der Waals surface area contributed by atoms with Gasteiger partial charge in [0, 0.05) is 50.2 Å². The van der Waals surface area contributed by atoms with E-state index in [0.29, 0.717) is 31.5 Å². The van der Waals surface area contributed by atoms with Crippen LogP contribution in [0.2, 0.25) is 0 Å². The van der Waals surface area contributed by atoms with Crippen LogP contribution >= 0.6 is 0 Å². The zero-order valence-electron chi connectivity index (χ0n) is 20.6. The van der Waals surface area contributed by atoms with E-state index >= 15 is 0 Å². The number of aliphatic carboxylic acids is 1. The van der Waals surface area contributed by atoms with E-state index in [1.54, 1.807) is 43.1 Å². The van der Waals surface area contributed by atoms with Crippen molar-refractivity contribution < 1.29 is 33.8 Å². The first-order valence-corrected chi connectivity index (χ1v) is 12.3. The number of carbonyl (C=O) groups excluding carboxylic acids is 3. The predicted molar refractivity (Wildman–Crippen MR) is 126 cm³/mol. The van der Waals surface area contributed by atoms with Gasteiger partial charge in [0.25, 0.3) is 0 Å². The van der Waals surface area contributed by atoms with Gasteiger partial charge < -0.3 is 24.8 Å². The molecule has 3 fully saturated rings. The molecule has 0 unspecified atom stereocenters. The second-order valence-corrected chi connectivity index (χ2v) is 10.2. The maximum Gasteiger partial charge on any atom is 0.331 e. The van der Waals surface area contributed by atoms with Gasteiger partial charge in [-0.3, -0.25) is 14.4 Å². The van der Waals surface area contributed by atoms with Crippen LogP contribution in [0.3, 0.4) is 0 Å². The van der Waals surface area contributed by atoms with Crippen LogP contribution < -0.4 is 5.32 Å². The van der Waals surface area contributed by atoms with Crippen molar-refractivity contribution in [3.05, 3.63) is 35.5 Å². The van der Waals surface area contributed by atoms with Crippen molar-refractivity contribution in [1.82, 2.24) is 10.2 Å². The minimum absolute atomic E-state index is 0.0331. The minimum Gasteiger partial charge on any atom is -0.478 e. The molecule has 4 rings (SSSR count). The number of nitrogens with one attached hydrogen (secondary N) is 1. The number of nitrogens with zero attached hydrogens (tertiary/aromatic N) is 1. The fourth-order valence-electron chi connectivity index (χ4n) is 6.45. The summed E-state index contributed by atoms with van der Waals surface area (Å²) in [4.78, 5) is 52.0. The summed E-state index contributed by atoms with van der Waals surface area (Å²) in [7, 11) is 0.